The van der Waals surface area contributed by atoms with Crippen molar-refractivity contribution < 1.29 is 8.42 Å². The van der Waals surface area contributed by atoms with Gasteiger partial charge in [-0.3, -0.25) is 4.72 Å². The largest absolute Gasteiger partial charge is 0.316 e. The van der Waals surface area contributed by atoms with Gasteiger partial charge in [0.15, 0.2) is 0 Å². The summed E-state index contributed by atoms with van der Waals surface area (Å²) in [6.45, 7) is 0.678. The summed E-state index contributed by atoms with van der Waals surface area (Å²) in [6, 6.07) is 11.2. The zero-order valence-electron chi connectivity index (χ0n) is 11.2. The third kappa shape index (κ3) is 4.35. The van der Waals surface area contributed by atoms with Crippen molar-refractivity contribution in [2.45, 2.75) is 11.4 Å². The summed E-state index contributed by atoms with van der Waals surface area (Å²) >= 11 is 11.7. The fourth-order valence-corrected chi connectivity index (χ4v) is 3.38. The molecule has 0 aromatic heterocycles. The van der Waals surface area contributed by atoms with Crippen LogP contribution < -0.4 is 10.0 Å². The SMILES string of the molecule is CNCc1ccc(S(=O)(=O)Nc2cc(Cl)cc(Cl)c2)cc1. The first-order valence-electron chi connectivity index (χ1n) is 6.13. The van der Waals surface area contributed by atoms with Crippen molar-refractivity contribution in [3.8, 4) is 0 Å². The highest BCUT2D eigenvalue weighted by Crippen LogP contribution is 2.24. The number of anilines is 1. The predicted molar refractivity (Wildman–Crippen MR) is 86.5 cm³/mol. The molecule has 0 radical (unpaired) electrons. The van der Waals surface area contributed by atoms with Gasteiger partial charge in [0.1, 0.15) is 0 Å². The number of hydrogen-bond donors (Lipinski definition) is 2. The Labute approximate surface area is 134 Å². The molecule has 7 heteroatoms. The van der Waals surface area contributed by atoms with Crippen molar-refractivity contribution in [1.29, 1.82) is 0 Å². The zero-order chi connectivity index (χ0) is 15.5. The number of rotatable bonds is 5. The number of hydrogen-bond acceptors (Lipinski definition) is 3. The monoisotopic (exact) mass is 344 g/mol. The molecule has 0 saturated carbocycles. The van der Waals surface area contributed by atoms with E-state index >= 15 is 0 Å². The lowest BCUT2D eigenvalue weighted by Crippen LogP contribution is -2.13. The first-order chi connectivity index (χ1) is 9.90. The van der Waals surface area contributed by atoms with E-state index < -0.39 is 10.0 Å². The molecule has 0 aliphatic rings. The summed E-state index contributed by atoms with van der Waals surface area (Å²) in [5.41, 5.74) is 1.33. The molecule has 2 rings (SSSR count). The van der Waals surface area contributed by atoms with Crippen LogP contribution in [0.1, 0.15) is 5.56 Å². The van der Waals surface area contributed by atoms with E-state index in [0.717, 1.165) is 5.56 Å². The summed E-state index contributed by atoms with van der Waals surface area (Å²) < 4.78 is 27.0. The third-order valence-corrected chi connectivity index (χ3v) is 4.56. The molecule has 112 valence electrons. The Balaban J connectivity index is 2.25. The van der Waals surface area contributed by atoms with Gasteiger partial charge in [0.25, 0.3) is 10.0 Å². The van der Waals surface area contributed by atoms with Crippen LogP contribution >= 0.6 is 23.2 Å². The van der Waals surface area contributed by atoms with Crippen LogP contribution in [0.5, 0.6) is 0 Å². The van der Waals surface area contributed by atoms with Crippen molar-refractivity contribution in [3.63, 3.8) is 0 Å². The lowest BCUT2D eigenvalue weighted by molar-refractivity contribution is 0.601. The van der Waals surface area contributed by atoms with E-state index in [9.17, 15) is 8.42 Å². The van der Waals surface area contributed by atoms with E-state index in [-0.39, 0.29) is 4.90 Å². The Kier molecular flexibility index (Phi) is 5.11. The first-order valence-corrected chi connectivity index (χ1v) is 8.37. The van der Waals surface area contributed by atoms with Gasteiger partial charge in [0.05, 0.1) is 10.6 Å². The number of halogens is 2. The van der Waals surface area contributed by atoms with Crippen LogP contribution in [0.25, 0.3) is 0 Å². The summed E-state index contributed by atoms with van der Waals surface area (Å²) in [6.07, 6.45) is 0. The molecule has 0 spiro atoms. The minimum Gasteiger partial charge on any atom is -0.316 e. The van der Waals surface area contributed by atoms with Gasteiger partial charge in [-0.2, -0.15) is 0 Å². The maximum absolute atomic E-state index is 12.3. The molecular formula is C14H14Cl2N2O2S. The van der Waals surface area contributed by atoms with Gasteiger partial charge in [-0.1, -0.05) is 35.3 Å². The van der Waals surface area contributed by atoms with E-state index in [1.165, 1.54) is 18.2 Å². The summed E-state index contributed by atoms with van der Waals surface area (Å²) in [5, 5.41) is 3.73. The van der Waals surface area contributed by atoms with Crippen LogP contribution in [0.3, 0.4) is 0 Å². The first kappa shape index (κ1) is 16.1. The van der Waals surface area contributed by atoms with Crippen LogP contribution in [-0.2, 0) is 16.6 Å². The van der Waals surface area contributed by atoms with Gasteiger partial charge < -0.3 is 5.32 Å². The van der Waals surface area contributed by atoms with Gasteiger partial charge in [0.2, 0.25) is 0 Å². The summed E-state index contributed by atoms with van der Waals surface area (Å²) in [7, 11) is -1.84. The number of sulfonamides is 1. The van der Waals surface area contributed by atoms with Crippen LogP contribution in [0.15, 0.2) is 47.4 Å². The fraction of sp³-hybridized carbons (Fsp3) is 0.143. The molecule has 2 aromatic rings. The molecule has 21 heavy (non-hydrogen) atoms. The van der Waals surface area contributed by atoms with Gasteiger partial charge in [-0.15, -0.1) is 0 Å². The standard InChI is InChI=1S/C14H14Cl2N2O2S/c1-17-9-10-2-4-14(5-3-10)21(19,20)18-13-7-11(15)6-12(16)8-13/h2-8,17-18H,9H2,1H3. The van der Waals surface area contributed by atoms with Crippen molar-refractivity contribution in [2.75, 3.05) is 11.8 Å². The quantitative estimate of drug-likeness (QED) is 0.872. The van der Waals surface area contributed by atoms with Crippen molar-refractivity contribution in [3.05, 3.63) is 58.1 Å². The second-order valence-corrected chi connectivity index (χ2v) is 6.99. The second-order valence-electron chi connectivity index (χ2n) is 4.44. The Bertz CT molecular complexity index is 711. The Hall–Kier alpha value is -1.27. The van der Waals surface area contributed by atoms with E-state index in [1.807, 2.05) is 7.05 Å². The molecule has 0 aliphatic heterocycles. The van der Waals surface area contributed by atoms with Crippen LogP contribution in [0.2, 0.25) is 10.0 Å². The third-order valence-electron chi connectivity index (χ3n) is 2.73. The predicted octanol–water partition coefficient (Wildman–Crippen LogP) is 3.51. The fourth-order valence-electron chi connectivity index (χ4n) is 1.82. The molecule has 2 aromatic carbocycles. The van der Waals surface area contributed by atoms with Crippen LogP contribution in [0.4, 0.5) is 5.69 Å². The molecule has 2 N–H and O–H groups in total. The molecule has 0 aliphatic carbocycles. The Morgan fingerprint density at radius 1 is 1.00 bits per heavy atom. The molecule has 0 unspecified atom stereocenters. The molecular weight excluding hydrogens is 331 g/mol. The van der Waals surface area contributed by atoms with Crippen molar-refractivity contribution in [2.24, 2.45) is 0 Å². The average molecular weight is 345 g/mol. The lowest BCUT2D eigenvalue weighted by Gasteiger charge is -2.09. The molecule has 0 heterocycles. The van der Waals surface area contributed by atoms with E-state index in [0.29, 0.717) is 22.3 Å². The number of benzene rings is 2. The minimum absolute atomic E-state index is 0.179. The lowest BCUT2D eigenvalue weighted by atomic mass is 10.2. The molecule has 0 saturated heterocycles. The minimum atomic E-state index is -3.67. The topological polar surface area (TPSA) is 58.2 Å². The van der Waals surface area contributed by atoms with E-state index in [4.69, 9.17) is 23.2 Å². The Morgan fingerprint density at radius 3 is 2.10 bits per heavy atom. The van der Waals surface area contributed by atoms with Gasteiger partial charge in [-0.25, -0.2) is 8.42 Å². The maximum atomic E-state index is 12.3. The normalized spacial score (nSPS) is 11.4. The average Bonchev–Trinajstić information content (AvgIpc) is 2.38. The van der Waals surface area contributed by atoms with E-state index in [2.05, 4.69) is 10.0 Å². The van der Waals surface area contributed by atoms with Crippen LogP contribution in [0, 0.1) is 0 Å². The molecule has 0 atom stereocenters. The second kappa shape index (κ2) is 6.66. The van der Waals surface area contributed by atoms with Gasteiger partial charge >= 0.3 is 0 Å². The summed E-state index contributed by atoms with van der Waals surface area (Å²) in [4.78, 5) is 0.179. The number of nitrogens with one attached hydrogen (secondary N) is 2. The maximum Gasteiger partial charge on any atom is 0.261 e. The molecule has 0 fully saturated rings. The van der Waals surface area contributed by atoms with Crippen molar-refractivity contribution >= 4 is 38.9 Å². The van der Waals surface area contributed by atoms with E-state index in [1.54, 1.807) is 24.3 Å². The summed E-state index contributed by atoms with van der Waals surface area (Å²) in [5.74, 6) is 0. The highest BCUT2D eigenvalue weighted by atomic mass is 35.5. The van der Waals surface area contributed by atoms with Gasteiger partial charge in [-0.05, 0) is 42.9 Å². The molecule has 4 nitrogen and oxygen atoms in total. The highest BCUT2D eigenvalue weighted by Gasteiger charge is 2.14. The highest BCUT2D eigenvalue weighted by molar-refractivity contribution is 7.92. The molecule has 0 amide bonds. The van der Waals surface area contributed by atoms with Crippen molar-refractivity contribution in [1.82, 2.24) is 5.32 Å². The van der Waals surface area contributed by atoms with Gasteiger partial charge in [0, 0.05) is 16.6 Å². The zero-order valence-corrected chi connectivity index (χ0v) is 13.6. The van der Waals surface area contributed by atoms with Crippen LogP contribution in [-0.4, -0.2) is 15.5 Å². The molecule has 0 bridgehead atoms. The smallest absolute Gasteiger partial charge is 0.261 e. The Morgan fingerprint density at radius 2 is 1.57 bits per heavy atom.